The first-order valence-corrected chi connectivity index (χ1v) is 27.2. The average Bonchev–Trinajstić information content (AvgIpc) is 3.75. The Hall–Kier alpha value is -4.94. The molecule has 3 heterocycles. The molecule has 0 spiro atoms. The summed E-state index contributed by atoms with van der Waals surface area (Å²) in [5.74, 6) is 1.02. The highest BCUT2D eigenvalue weighted by Gasteiger charge is 2.52. The van der Waals surface area contributed by atoms with Crippen LogP contribution in [0.4, 0.5) is 51.2 Å². The third-order valence-electron chi connectivity index (χ3n) is 15.5. The van der Waals surface area contributed by atoms with Gasteiger partial charge in [-0.2, -0.15) is 0 Å². The van der Waals surface area contributed by atoms with Crippen molar-refractivity contribution in [2.45, 2.75) is 89.4 Å². The fourth-order valence-corrected chi connectivity index (χ4v) is 12.2. The quantitative estimate of drug-likeness (QED) is 0.238. The van der Waals surface area contributed by atoms with E-state index in [4.69, 9.17) is 82.9 Å². The number of furan rings is 1. The molecule has 7 aromatic rings. The van der Waals surface area contributed by atoms with Gasteiger partial charge < -0.3 is 19.1 Å². The van der Waals surface area contributed by atoms with Gasteiger partial charge in [0, 0.05) is 56.5 Å². The van der Waals surface area contributed by atoms with Crippen LogP contribution in [0.2, 0.25) is 0 Å². The predicted molar refractivity (Wildman–Crippen MR) is 324 cm³/mol. The lowest BCUT2D eigenvalue weighted by atomic mass is 9.35. The van der Waals surface area contributed by atoms with Crippen LogP contribution in [0.5, 0.6) is 0 Å². The second kappa shape index (κ2) is 17.1. The third-order valence-corrected chi connectivity index (χ3v) is 17.2. The van der Waals surface area contributed by atoms with Crippen LogP contribution < -0.4 is 85.9 Å². The Morgan fingerprint density at radius 2 is 1.03 bits per heavy atom. The first-order chi connectivity index (χ1) is 33.6. The van der Waals surface area contributed by atoms with Crippen molar-refractivity contribution >= 4 is 218 Å². The molecule has 0 atom stereocenters. The van der Waals surface area contributed by atoms with Crippen molar-refractivity contribution in [2.75, 3.05) is 33.5 Å². The van der Waals surface area contributed by atoms with Crippen LogP contribution in [-0.2, 0) is 16.2 Å². The minimum absolute atomic E-state index is 0.0300. The van der Waals surface area contributed by atoms with E-state index in [9.17, 15) is 0 Å². The molecular weight excluding hydrogens is 882 g/mol. The zero-order chi connectivity index (χ0) is 52.2. The van der Waals surface area contributed by atoms with E-state index < -0.39 is 10.0 Å². The Morgan fingerprint density at radius 3 is 1.53 bits per heavy atom. The first-order valence-electron chi connectivity index (χ1n) is 24.3. The van der Waals surface area contributed by atoms with Crippen molar-refractivity contribution in [3.8, 4) is 0 Å². The highest BCUT2D eigenvalue weighted by atomic mass is 32.3. The Kier molecular flexibility index (Phi) is 12.0. The largest absolute Gasteiger partial charge is 0.472 e. The zero-order valence-electron chi connectivity index (χ0n) is 43.4. The van der Waals surface area contributed by atoms with Crippen LogP contribution in [-0.4, -0.2) is 104 Å². The third kappa shape index (κ3) is 7.63. The molecule has 0 saturated carbocycles. The van der Waals surface area contributed by atoms with Gasteiger partial charge in [0.25, 0.3) is 6.71 Å². The molecule has 0 unspecified atom stereocenters. The van der Waals surface area contributed by atoms with Gasteiger partial charge in [0.2, 0.25) is 0 Å². The lowest BCUT2D eigenvalue weighted by Gasteiger charge is -2.45. The molecule has 0 saturated heterocycles. The van der Waals surface area contributed by atoms with Crippen molar-refractivity contribution < 1.29 is 4.42 Å². The molecule has 1 aliphatic carbocycles. The molecule has 2 aliphatic heterocycles. The average molecular weight is 932 g/mol. The minimum Gasteiger partial charge on any atom is -0.472 e. The smallest absolute Gasteiger partial charge is 0.297 e. The van der Waals surface area contributed by atoms with Gasteiger partial charge in [0.15, 0.2) is 0 Å². The van der Waals surface area contributed by atoms with Gasteiger partial charge in [0.05, 0.1) is 11.3 Å². The molecule has 1 aromatic heterocycles. The summed E-state index contributed by atoms with van der Waals surface area (Å²) < 4.78 is 7.58. The zero-order valence-corrected chi connectivity index (χ0v) is 44.2. The highest BCUT2D eigenvalue weighted by molar-refractivity contribution is 8.32. The molecular formula is C56H50B11N3OS. The fraction of sp³-hybridized carbons (Fsp3) is 0.286. The van der Waals surface area contributed by atoms with Crippen LogP contribution in [0.3, 0.4) is 0 Å². The lowest BCUT2D eigenvalue weighted by Crippen LogP contribution is -2.61. The van der Waals surface area contributed by atoms with Gasteiger partial charge in [0.1, 0.15) is 84.2 Å². The standard InChI is InChI=1S/C56H50B11N3OS/c1-27-24-35-48-36(25-27)69(30-14-12-28(13-15-30)54(2,3)4)49-37-52(56(7,8)23-22-55(37,5)6)71-53(49)67(48)33-21-18-31(26-34(33)68(35)29-16-19-32(20-17-29)72(9,10)11)70(50-44(63)40(59)38(57)41(60)45(50)64)51-46(65)42(61)39(58)43(62)47(51)66/h12-21,24-26H,22-23H2,1-11H3. The summed E-state index contributed by atoms with van der Waals surface area (Å²) in [6.07, 6.45) is 8.88. The molecule has 3 aliphatic rings. The summed E-state index contributed by atoms with van der Waals surface area (Å²) in [6, 6.07) is 28.8. The molecule has 334 valence electrons. The van der Waals surface area contributed by atoms with Gasteiger partial charge in [-0.15, -0.1) is 32.8 Å². The van der Waals surface area contributed by atoms with Gasteiger partial charge >= 0.3 is 0 Å². The molecule has 16 heteroatoms. The van der Waals surface area contributed by atoms with Crippen molar-refractivity contribution in [1.29, 1.82) is 0 Å². The number of fused-ring (bicyclic) bond motifs is 6. The molecule has 6 aromatic carbocycles. The number of benzene rings is 6. The summed E-state index contributed by atoms with van der Waals surface area (Å²) in [6.45, 7) is 17.9. The van der Waals surface area contributed by atoms with Crippen LogP contribution in [0.15, 0.2) is 88.2 Å². The summed E-state index contributed by atoms with van der Waals surface area (Å²) in [4.78, 5) is 7.80. The summed E-state index contributed by atoms with van der Waals surface area (Å²) in [5.41, 5.74) is 13.5. The lowest BCUT2D eigenvalue weighted by molar-refractivity contribution is 0.282. The monoisotopic (exact) mass is 933 g/mol. The predicted octanol–water partition coefficient (Wildman–Crippen LogP) is 1.78. The number of hydrogen-bond acceptors (Lipinski definition) is 4. The highest BCUT2D eigenvalue weighted by Crippen LogP contribution is 2.55. The van der Waals surface area contributed by atoms with E-state index in [0.717, 1.165) is 74.9 Å². The van der Waals surface area contributed by atoms with E-state index in [2.05, 4.69) is 157 Å². The number of anilines is 9. The Labute approximate surface area is 443 Å². The Bertz CT molecular complexity index is 3300. The maximum Gasteiger partial charge on any atom is 0.297 e. The van der Waals surface area contributed by atoms with Gasteiger partial charge in [-0.1, -0.05) is 88.5 Å². The molecule has 0 amide bonds. The fourth-order valence-electron chi connectivity index (χ4n) is 11.2. The molecule has 72 heavy (non-hydrogen) atoms. The summed E-state index contributed by atoms with van der Waals surface area (Å²) in [7, 11) is 66.0. The van der Waals surface area contributed by atoms with E-state index in [1.54, 1.807) is 4.90 Å². The molecule has 0 bridgehead atoms. The van der Waals surface area contributed by atoms with Gasteiger partial charge in [-0.05, 0) is 137 Å². The number of rotatable bonds is 6. The van der Waals surface area contributed by atoms with E-state index >= 15 is 0 Å². The van der Waals surface area contributed by atoms with Crippen LogP contribution >= 0.6 is 10.0 Å². The number of nitrogens with zero attached hydrogens (tertiary/aromatic N) is 3. The molecule has 0 N–H and O–H groups in total. The molecule has 20 radical (unpaired) electrons. The van der Waals surface area contributed by atoms with Crippen LogP contribution in [0.25, 0.3) is 0 Å². The Morgan fingerprint density at radius 1 is 0.569 bits per heavy atom. The van der Waals surface area contributed by atoms with Crippen molar-refractivity contribution in [3.05, 3.63) is 101 Å². The Balaban J connectivity index is 1.34. The number of aryl methyl sites for hydroxylation is 1. The van der Waals surface area contributed by atoms with E-state index in [0.29, 0.717) is 5.69 Å². The maximum absolute atomic E-state index is 7.58. The van der Waals surface area contributed by atoms with Crippen molar-refractivity contribution in [3.63, 3.8) is 0 Å². The second-order valence-corrected chi connectivity index (χ2v) is 27.3. The van der Waals surface area contributed by atoms with Gasteiger partial charge in [-0.25, -0.2) is 10.0 Å². The summed E-state index contributed by atoms with van der Waals surface area (Å²) >= 11 is 0. The second-order valence-electron chi connectivity index (χ2n) is 23.1. The van der Waals surface area contributed by atoms with E-state index in [1.165, 1.54) is 16.0 Å². The normalized spacial score (nSPS) is 15.7. The SMILES string of the molecule is [B]c1c([B])c([B])c(N(c2ccc3c(c2)N(c2ccc(S(C)(C)C)cc2)c2cc(C)cc4c2B3c2oc3c(c2N4c2ccc(C(C)(C)C)cc2)C(C)(C)CCC3(C)C)c2c([B])c([B])c([B])c([B])c2[B])c([B])c1[B]. The molecule has 0 fully saturated rings. The molecule has 4 nitrogen and oxygen atoms in total. The first kappa shape index (κ1) is 50.6. The maximum atomic E-state index is 7.58. The topological polar surface area (TPSA) is 22.9 Å². The van der Waals surface area contributed by atoms with E-state index in [1.807, 2.05) is 6.07 Å². The van der Waals surface area contributed by atoms with Crippen LogP contribution in [0.1, 0.15) is 83.8 Å². The van der Waals surface area contributed by atoms with Crippen molar-refractivity contribution in [1.82, 2.24) is 0 Å². The number of hydrogen-bond donors (Lipinski definition) is 0. The molecule has 10 rings (SSSR count). The minimum atomic E-state index is -1.06. The van der Waals surface area contributed by atoms with E-state index in [-0.39, 0.29) is 89.0 Å². The van der Waals surface area contributed by atoms with Gasteiger partial charge in [-0.3, -0.25) is 0 Å². The van der Waals surface area contributed by atoms with Crippen LogP contribution in [0, 0.1) is 6.92 Å². The summed E-state index contributed by atoms with van der Waals surface area (Å²) in [5, 5.41) is 0. The van der Waals surface area contributed by atoms with Crippen molar-refractivity contribution in [2.24, 2.45) is 0 Å².